The molecule has 0 atom stereocenters. The fraction of sp³-hybridized carbons (Fsp3) is 0.235. The minimum Gasteiger partial charge on any atom is -0.460 e. The average molecular weight is 342 g/mol. The molecule has 24 heavy (non-hydrogen) atoms. The van der Waals surface area contributed by atoms with E-state index in [9.17, 15) is 4.79 Å². The van der Waals surface area contributed by atoms with Crippen molar-refractivity contribution in [1.29, 1.82) is 0 Å². The summed E-state index contributed by atoms with van der Waals surface area (Å²) in [6.45, 7) is 2.33. The van der Waals surface area contributed by atoms with Gasteiger partial charge in [0.25, 0.3) is 0 Å². The number of amides is 1. The molecular weight excluding hydrogens is 324 g/mol. The molecule has 2 N–H and O–H groups in total. The van der Waals surface area contributed by atoms with Crippen molar-refractivity contribution in [3.8, 4) is 0 Å². The third-order valence-electron chi connectivity index (χ3n) is 3.83. The van der Waals surface area contributed by atoms with Gasteiger partial charge in [-0.3, -0.25) is 9.89 Å². The molecule has 7 heteroatoms. The number of H-pyrrole nitrogens is 1. The highest BCUT2D eigenvalue weighted by Crippen LogP contribution is 2.27. The Hall–Kier alpha value is -2.67. The molecule has 3 aromatic rings. The van der Waals surface area contributed by atoms with Crippen molar-refractivity contribution in [1.82, 2.24) is 20.1 Å². The molecule has 0 saturated carbocycles. The number of hydrogen-bond acceptors (Lipinski definition) is 4. The summed E-state index contributed by atoms with van der Waals surface area (Å²) in [5, 5.41) is 10.5. The monoisotopic (exact) mass is 342 g/mol. The van der Waals surface area contributed by atoms with E-state index in [0.29, 0.717) is 17.1 Å². The van der Waals surface area contributed by atoms with Crippen molar-refractivity contribution in [2.75, 3.05) is 0 Å². The summed E-state index contributed by atoms with van der Waals surface area (Å²) < 4.78 is 8.06. The van der Waals surface area contributed by atoms with E-state index >= 15 is 0 Å². The molecule has 3 rings (SSSR count). The molecule has 1 aromatic carbocycles. The Balaban J connectivity index is 1.74. The Bertz CT molecular complexity index is 965. The predicted octanol–water partition coefficient (Wildman–Crippen LogP) is 3.12. The van der Waals surface area contributed by atoms with Crippen molar-refractivity contribution in [2.24, 2.45) is 7.05 Å². The molecule has 0 aliphatic heterocycles. The van der Waals surface area contributed by atoms with Crippen LogP contribution in [-0.2, 0) is 24.8 Å². The first-order chi connectivity index (χ1) is 11.6. The van der Waals surface area contributed by atoms with Crippen LogP contribution in [0.3, 0.4) is 0 Å². The predicted molar refractivity (Wildman–Crippen MR) is 94.9 cm³/mol. The molecule has 0 radical (unpaired) electrons. The quantitative estimate of drug-likeness (QED) is 0.552. The third kappa shape index (κ3) is 3.16. The van der Waals surface area contributed by atoms with Gasteiger partial charge in [0, 0.05) is 30.5 Å². The van der Waals surface area contributed by atoms with Crippen molar-refractivity contribution < 1.29 is 9.21 Å². The van der Waals surface area contributed by atoms with Gasteiger partial charge in [0.2, 0.25) is 5.91 Å². The molecule has 0 saturated heterocycles. The summed E-state index contributed by atoms with van der Waals surface area (Å²) >= 11 is 5.04. The Morgan fingerprint density at radius 1 is 1.46 bits per heavy atom. The van der Waals surface area contributed by atoms with E-state index in [1.165, 1.54) is 6.08 Å². The Labute approximate surface area is 144 Å². The highest BCUT2D eigenvalue weighted by Gasteiger charge is 2.10. The number of aryl methyl sites for hydroxylation is 1. The van der Waals surface area contributed by atoms with Crippen LogP contribution < -0.4 is 5.32 Å². The molecule has 0 bridgehead atoms. The maximum Gasteiger partial charge on any atom is 0.244 e. The zero-order chi connectivity index (χ0) is 17.1. The minimum atomic E-state index is -0.198. The van der Waals surface area contributed by atoms with Gasteiger partial charge in [-0.25, -0.2) is 0 Å². The first-order valence-corrected chi connectivity index (χ1v) is 8.07. The molecule has 124 valence electrons. The lowest BCUT2D eigenvalue weighted by Crippen LogP contribution is -2.22. The van der Waals surface area contributed by atoms with Gasteiger partial charge in [-0.05, 0) is 24.4 Å². The lowest BCUT2D eigenvalue weighted by atomic mass is 10.1. The molecule has 6 nitrogen and oxygen atoms in total. The van der Waals surface area contributed by atoms with Crippen LogP contribution in [-0.4, -0.2) is 20.7 Å². The van der Waals surface area contributed by atoms with Gasteiger partial charge in [-0.1, -0.05) is 25.1 Å². The standard InChI is InChI=1S/C17H18N4O2S/c1-3-13-12(11-6-4-5-7-14(11)23-13)8-9-16(22)18-10-15-19-20-17(24)21(15)2/h4-9H,3,10H2,1-2H3,(H,18,22)(H,20,24). The molecule has 2 heterocycles. The van der Waals surface area contributed by atoms with Crippen LogP contribution in [0.2, 0.25) is 0 Å². The number of aromatic amines is 1. The maximum absolute atomic E-state index is 12.1. The summed E-state index contributed by atoms with van der Waals surface area (Å²) in [6.07, 6.45) is 4.07. The van der Waals surface area contributed by atoms with Crippen LogP contribution in [0.5, 0.6) is 0 Å². The Morgan fingerprint density at radius 3 is 2.96 bits per heavy atom. The van der Waals surface area contributed by atoms with Crippen molar-refractivity contribution in [2.45, 2.75) is 19.9 Å². The first kappa shape index (κ1) is 16.2. The Kier molecular flexibility index (Phi) is 4.61. The first-order valence-electron chi connectivity index (χ1n) is 7.66. The number of nitrogens with zero attached hydrogens (tertiary/aromatic N) is 2. The molecule has 0 aliphatic rings. The highest BCUT2D eigenvalue weighted by atomic mass is 32.1. The fourth-order valence-electron chi connectivity index (χ4n) is 2.48. The summed E-state index contributed by atoms with van der Waals surface area (Å²) in [7, 11) is 1.80. The molecular formula is C17H18N4O2S. The van der Waals surface area contributed by atoms with Gasteiger partial charge in [0.15, 0.2) is 10.6 Å². The highest BCUT2D eigenvalue weighted by molar-refractivity contribution is 7.71. The number of rotatable bonds is 5. The number of benzene rings is 1. The van der Waals surface area contributed by atoms with Crippen molar-refractivity contribution in [3.05, 3.63) is 52.3 Å². The van der Waals surface area contributed by atoms with Gasteiger partial charge in [-0.2, -0.15) is 5.10 Å². The zero-order valence-corrected chi connectivity index (χ0v) is 14.3. The minimum absolute atomic E-state index is 0.198. The van der Waals surface area contributed by atoms with Crippen LogP contribution in [0.15, 0.2) is 34.8 Å². The Morgan fingerprint density at radius 2 is 2.25 bits per heavy atom. The number of fused-ring (bicyclic) bond motifs is 1. The second-order valence-electron chi connectivity index (χ2n) is 5.34. The largest absolute Gasteiger partial charge is 0.460 e. The van der Waals surface area contributed by atoms with Gasteiger partial charge >= 0.3 is 0 Å². The number of para-hydroxylation sites is 1. The average Bonchev–Trinajstić information content (AvgIpc) is 3.11. The molecule has 0 aliphatic carbocycles. The SMILES string of the molecule is CCc1oc2ccccc2c1C=CC(=O)NCc1n[nH]c(=S)n1C. The van der Waals surface area contributed by atoms with Crippen LogP contribution in [0, 0.1) is 4.77 Å². The second kappa shape index (κ2) is 6.84. The zero-order valence-electron chi connectivity index (χ0n) is 13.5. The normalized spacial score (nSPS) is 11.4. The summed E-state index contributed by atoms with van der Waals surface area (Å²) in [6, 6.07) is 7.81. The third-order valence-corrected chi connectivity index (χ3v) is 4.19. The van der Waals surface area contributed by atoms with E-state index in [4.69, 9.17) is 16.6 Å². The number of carbonyl (C=O) groups is 1. The van der Waals surface area contributed by atoms with Crippen LogP contribution >= 0.6 is 12.2 Å². The topological polar surface area (TPSA) is 75.8 Å². The van der Waals surface area contributed by atoms with Crippen molar-refractivity contribution in [3.63, 3.8) is 0 Å². The maximum atomic E-state index is 12.1. The number of aromatic nitrogens is 3. The summed E-state index contributed by atoms with van der Waals surface area (Å²) in [5.41, 5.74) is 1.78. The molecule has 0 fully saturated rings. The fourth-order valence-corrected chi connectivity index (χ4v) is 2.63. The van der Waals surface area contributed by atoms with E-state index in [0.717, 1.165) is 28.7 Å². The van der Waals surface area contributed by atoms with Crippen molar-refractivity contribution >= 4 is 35.2 Å². The van der Waals surface area contributed by atoms with Gasteiger partial charge in [0.05, 0.1) is 6.54 Å². The van der Waals surface area contributed by atoms with E-state index in [2.05, 4.69) is 15.5 Å². The summed E-state index contributed by atoms with van der Waals surface area (Å²) in [5.74, 6) is 1.34. The van der Waals surface area contributed by atoms with E-state index < -0.39 is 0 Å². The van der Waals surface area contributed by atoms with Crippen LogP contribution in [0.25, 0.3) is 17.0 Å². The smallest absolute Gasteiger partial charge is 0.244 e. The number of hydrogen-bond donors (Lipinski definition) is 2. The number of nitrogens with one attached hydrogen (secondary N) is 2. The molecule has 2 aromatic heterocycles. The van der Waals surface area contributed by atoms with E-state index in [1.54, 1.807) is 17.7 Å². The van der Waals surface area contributed by atoms with Gasteiger partial charge < -0.3 is 14.3 Å². The van der Waals surface area contributed by atoms with E-state index in [1.807, 2.05) is 31.2 Å². The van der Waals surface area contributed by atoms with E-state index in [-0.39, 0.29) is 5.91 Å². The molecule has 1 amide bonds. The lowest BCUT2D eigenvalue weighted by Gasteiger charge is -2.01. The number of furan rings is 1. The van der Waals surface area contributed by atoms with Gasteiger partial charge in [0.1, 0.15) is 11.3 Å². The molecule has 0 spiro atoms. The van der Waals surface area contributed by atoms with Crippen LogP contribution in [0.4, 0.5) is 0 Å². The summed E-state index contributed by atoms with van der Waals surface area (Å²) in [4.78, 5) is 12.1. The lowest BCUT2D eigenvalue weighted by molar-refractivity contribution is -0.116. The molecule has 0 unspecified atom stereocenters. The second-order valence-corrected chi connectivity index (χ2v) is 5.73. The van der Waals surface area contributed by atoms with Gasteiger partial charge in [-0.15, -0.1) is 0 Å². The van der Waals surface area contributed by atoms with Crippen LogP contribution in [0.1, 0.15) is 24.1 Å². The number of carbonyl (C=O) groups excluding carboxylic acids is 1.